The predicted octanol–water partition coefficient (Wildman–Crippen LogP) is 3.54. The normalized spacial score (nSPS) is 25.9. The molecule has 1 aliphatic heterocycles. The summed E-state index contributed by atoms with van der Waals surface area (Å²) >= 11 is 0. The van der Waals surface area contributed by atoms with Gasteiger partial charge in [-0.15, -0.1) is 0 Å². The van der Waals surface area contributed by atoms with Crippen molar-refractivity contribution in [1.82, 2.24) is 4.90 Å². The van der Waals surface area contributed by atoms with Crippen LogP contribution in [0.3, 0.4) is 0 Å². The Bertz CT molecular complexity index is 371. The van der Waals surface area contributed by atoms with E-state index in [2.05, 4.69) is 33.9 Å². The molecule has 19 heavy (non-hydrogen) atoms. The highest BCUT2D eigenvalue weighted by Gasteiger charge is 2.53. The molecule has 1 spiro atoms. The molecule has 2 fully saturated rings. The van der Waals surface area contributed by atoms with Crippen LogP contribution in [0.15, 0.2) is 0 Å². The van der Waals surface area contributed by atoms with Crippen molar-refractivity contribution < 1.29 is 14.3 Å². The molecule has 0 unspecified atom stereocenters. The molecular formula is C14H27NO3Si. The third-order valence-electron chi connectivity index (χ3n) is 5.26. The quantitative estimate of drug-likeness (QED) is 0.807. The van der Waals surface area contributed by atoms with Crippen molar-refractivity contribution in [2.75, 3.05) is 13.2 Å². The fourth-order valence-corrected chi connectivity index (χ4v) is 3.64. The molecule has 1 atom stereocenters. The Balaban J connectivity index is 1.97. The number of carboxylic acid groups (broad SMARTS) is 1. The molecule has 0 radical (unpaired) electrons. The van der Waals surface area contributed by atoms with E-state index in [0.717, 1.165) is 6.42 Å². The van der Waals surface area contributed by atoms with Crippen LogP contribution in [0.5, 0.6) is 0 Å². The monoisotopic (exact) mass is 285 g/mol. The summed E-state index contributed by atoms with van der Waals surface area (Å²) < 4.78 is 6.21. The maximum absolute atomic E-state index is 11.3. The lowest BCUT2D eigenvalue weighted by Crippen LogP contribution is -2.45. The highest BCUT2D eigenvalue weighted by Crippen LogP contribution is 2.55. The van der Waals surface area contributed by atoms with Crippen molar-refractivity contribution >= 4 is 14.4 Å². The zero-order valence-corrected chi connectivity index (χ0v) is 13.8. The zero-order valence-electron chi connectivity index (χ0n) is 12.8. The van der Waals surface area contributed by atoms with Crippen LogP contribution in [0.1, 0.15) is 40.0 Å². The van der Waals surface area contributed by atoms with Gasteiger partial charge in [0.1, 0.15) is 0 Å². The van der Waals surface area contributed by atoms with Crippen molar-refractivity contribution in [2.45, 2.75) is 64.2 Å². The summed E-state index contributed by atoms with van der Waals surface area (Å²) in [5.41, 5.74) is 0.305. The molecule has 1 saturated carbocycles. The van der Waals surface area contributed by atoms with Crippen molar-refractivity contribution in [3.05, 3.63) is 0 Å². The number of rotatable bonds is 3. The Morgan fingerprint density at radius 2 is 2.00 bits per heavy atom. The van der Waals surface area contributed by atoms with E-state index in [0.29, 0.717) is 18.6 Å². The second-order valence-corrected chi connectivity index (χ2v) is 12.6. The van der Waals surface area contributed by atoms with Gasteiger partial charge in [0.05, 0.1) is 12.6 Å². The van der Waals surface area contributed by atoms with E-state index in [1.807, 2.05) is 0 Å². The number of hydrogen-bond donors (Lipinski definition) is 1. The smallest absolute Gasteiger partial charge is 0.407 e. The summed E-state index contributed by atoms with van der Waals surface area (Å²) in [7, 11) is -1.78. The van der Waals surface area contributed by atoms with Crippen LogP contribution in [0.25, 0.3) is 0 Å². The largest absolute Gasteiger partial charge is 0.465 e. The first-order chi connectivity index (χ1) is 8.56. The second-order valence-electron chi connectivity index (χ2n) is 7.84. The van der Waals surface area contributed by atoms with E-state index >= 15 is 0 Å². The van der Waals surface area contributed by atoms with E-state index in [-0.39, 0.29) is 11.1 Å². The van der Waals surface area contributed by atoms with Crippen LogP contribution in [0.2, 0.25) is 18.1 Å². The number of carbonyl (C=O) groups is 1. The standard InChI is InChI=1S/C14H27NO3Si/c1-13(2,3)19(4,5)18-9-11-8-14(6-7-14)10-15(11)12(16)17/h11H,6-10H2,1-5H3,(H,16,17)/t11-/m0/s1. The Morgan fingerprint density at radius 1 is 1.42 bits per heavy atom. The molecule has 1 heterocycles. The van der Waals surface area contributed by atoms with Gasteiger partial charge in [-0.2, -0.15) is 0 Å². The molecule has 0 aromatic rings. The molecule has 1 aliphatic carbocycles. The predicted molar refractivity (Wildman–Crippen MR) is 78.0 cm³/mol. The Kier molecular flexibility index (Phi) is 3.50. The van der Waals surface area contributed by atoms with Crippen molar-refractivity contribution in [3.8, 4) is 0 Å². The lowest BCUT2D eigenvalue weighted by Gasteiger charge is -2.37. The van der Waals surface area contributed by atoms with Crippen LogP contribution in [0.4, 0.5) is 4.79 Å². The number of nitrogens with zero attached hydrogens (tertiary/aromatic N) is 1. The van der Waals surface area contributed by atoms with Gasteiger partial charge in [-0.3, -0.25) is 0 Å². The molecule has 2 rings (SSSR count). The molecule has 4 nitrogen and oxygen atoms in total. The molecule has 1 amide bonds. The minimum atomic E-state index is -1.78. The first-order valence-electron chi connectivity index (χ1n) is 7.20. The summed E-state index contributed by atoms with van der Waals surface area (Å²) in [4.78, 5) is 12.9. The first kappa shape index (κ1) is 14.8. The maximum atomic E-state index is 11.3. The topological polar surface area (TPSA) is 49.8 Å². The third kappa shape index (κ3) is 2.97. The zero-order chi connectivity index (χ0) is 14.5. The van der Waals surface area contributed by atoms with Crippen LogP contribution in [-0.2, 0) is 4.43 Å². The minimum Gasteiger partial charge on any atom is -0.465 e. The molecule has 2 aliphatic rings. The van der Waals surface area contributed by atoms with Gasteiger partial charge >= 0.3 is 6.09 Å². The van der Waals surface area contributed by atoms with Gasteiger partial charge < -0.3 is 14.4 Å². The molecule has 1 N–H and O–H groups in total. The van der Waals surface area contributed by atoms with Crippen molar-refractivity contribution in [2.24, 2.45) is 5.41 Å². The summed E-state index contributed by atoms with van der Waals surface area (Å²) in [6.45, 7) is 12.4. The molecule has 5 heteroatoms. The number of hydrogen-bond acceptors (Lipinski definition) is 2. The lowest BCUT2D eigenvalue weighted by molar-refractivity contribution is 0.119. The Hall–Kier alpha value is -0.553. The van der Waals surface area contributed by atoms with Gasteiger partial charge in [-0.05, 0) is 42.8 Å². The van der Waals surface area contributed by atoms with E-state index in [1.165, 1.54) is 12.8 Å². The fraction of sp³-hybridized carbons (Fsp3) is 0.929. The summed E-state index contributed by atoms with van der Waals surface area (Å²) in [6.07, 6.45) is 2.59. The maximum Gasteiger partial charge on any atom is 0.407 e. The number of amides is 1. The molecule has 110 valence electrons. The lowest BCUT2D eigenvalue weighted by atomic mass is 10.0. The highest BCUT2D eigenvalue weighted by atomic mass is 28.4. The molecule has 0 aromatic carbocycles. The summed E-state index contributed by atoms with van der Waals surface area (Å²) in [5.74, 6) is 0. The van der Waals surface area contributed by atoms with Crippen LogP contribution in [0, 0.1) is 5.41 Å². The highest BCUT2D eigenvalue weighted by molar-refractivity contribution is 6.74. The van der Waals surface area contributed by atoms with Crippen LogP contribution < -0.4 is 0 Å². The van der Waals surface area contributed by atoms with E-state index in [1.54, 1.807) is 4.90 Å². The second kappa shape index (κ2) is 4.48. The fourth-order valence-electron chi connectivity index (χ4n) is 2.60. The summed E-state index contributed by atoms with van der Waals surface area (Å²) in [6, 6.07) is 0.0640. The van der Waals surface area contributed by atoms with Gasteiger partial charge in [-0.25, -0.2) is 4.79 Å². The van der Waals surface area contributed by atoms with Gasteiger partial charge in [0.15, 0.2) is 8.32 Å². The van der Waals surface area contributed by atoms with Crippen molar-refractivity contribution in [3.63, 3.8) is 0 Å². The average molecular weight is 285 g/mol. The minimum absolute atomic E-state index is 0.0640. The van der Waals surface area contributed by atoms with Crippen LogP contribution >= 0.6 is 0 Å². The SMILES string of the molecule is CC(C)(C)[Si](C)(C)OC[C@@H]1CC2(CC2)CN1C(=O)O. The van der Waals surface area contributed by atoms with Gasteiger partial charge in [0.25, 0.3) is 0 Å². The third-order valence-corrected chi connectivity index (χ3v) is 9.76. The van der Waals surface area contributed by atoms with E-state index in [4.69, 9.17) is 4.43 Å². The van der Waals surface area contributed by atoms with Crippen molar-refractivity contribution in [1.29, 1.82) is 0 Å². The van der Waals surface area contributed by atoms with Gasteiger partial charge in [0, 0.05) is 6.54 Å². The Morgan fingerprint density at radius 3 is 2.42 bits per heavy atom. The average Bonchev–Trinajstić information content (AvgIpc) is 2.86. The first-order valence-corrected chi connectivity index (χ1v) is 10.1. The molecular weight excluding hydrogens is 258 g/mol. The molecule has 0 aromatic heterocycles. The van der Waals surface area contributed by atoms with Gasteiger partial charge in [-0.1, -0.05) is 20.8 Å². The van der Waals surface area contributed by atoms with Gasteiger partial charge in [0.2, 0.25) is 0 Å². The van der Waals surface area contributed by atoms with E-state index in [9.17, 15) is 9.90 Å². The summed E-state index contributed by atoms with van der Waals surface area (Å²) in [5, 5.41) is 9.49. The van der Waals surface area contributed by atoms with Crippen LogP contribution in [-0.4, -0.2) is 43.6 Å². The molecule has 0 bridgehead atoms. The number of likely N-dealkylation sites (tertiary alicyclic amines) is 1. The molecule has 1 saturated heterocycles. The Labute approximate surface area is 117 Å². The van der Waals surface area contributed by atoms with E-state index < -0.39 is 14.4 Å².